The van der Waals surface area contributed by atoms with Gasteiger partial charge >= 0.3 is 0 Å². The molecule has 5 rings (SSSR count). The van der Waals surface area contributed by atoms with E-state index in [1.54, 1.807) is 48.7 Å². The summed E-state index contributed by atoms with van der Waals surface area (Å²) >= 11 is 0. The number of benzene rings is 1. The van der Waals surface area contributed by atoms with Crippen LogP contribution in [0, 0.1) is 11.8 Å². The van der Waals surface area contributed by atoms with Gasteiger partial charge in [0, 0.05) is 16.7 Å². The number of hydrogen-bond acceptors (Lipinski definition) is 6. The fourth-order valence-corrected chi connectivity index (χ4v) is 3.54. The smallest absolute Gasteiger partial charge is 0.171 e. The van der Waals surface area contributed by atoms with Crippen LogP contribution in [0.2, 0.25) is 0 Å². The van der Waals surface area contributed by atoms with Gasteiger partial charge in [0.2, 0.25) is 0 Å². The average Bonchev–Trinajstić information content (AvgIpc) is 3.42. The minimum Gasteiger partial charge on any atom is -0.455 e. The molecule has 2 atom stereocenters. The van der Waals surface area contributed by atoms with Crippen LogP contribution in [0.1, 0.15) is 26.5 Å². The molecule has 0 amide bonds. The number of rotatable bonds is 3. The SMILES string of the molecule is O=C1c2ccc(-c3ccc(C=Nn4cnnc4)o3)cc2C(=O)[C@@H]2C=CC=C[C@H]12. The Morgan fingerprint density at radius 1 is 0.929 bits per heavy atom. The van der Waals surface area contributed by atoms with Crippen molar-refractivity contribution >= 4 is 17.8 Å². The van der Waals surface area contributed by atoms with Crippen molar-refractivity contribution in [3.8, 4) is 11.3 Å². The largest absolute Gasteiger partial charge is 0.455 e. The van der Waals surface area contributed by atoms with Gasteiger partial charge in [-0.25, -0.2) is 4.68 Å². The van der Waals surface area contributed by atoms with E-state index in [0.29, 0.717) is 22.6 Å². The molecule has 7 heteroatoms. The summed E-state index contributed by atoms with van der Waals surface area (Å²) in [6.45, 7) is 0. The van der Waals surface area contributed by atoms with Crippen LogP contribution in [-0.2, 0) is 0 Å². The molecule has 2 aromatic heterocycles. The normalized spacial score (nSPS) is 20.6. The minimum absolute atomic E-state index is 0.0204. The molecular weight excluding hydrogens is 356 g/mol. The van der Waals surface area contributed by atoms with Crippen LogP contribution in [0.15, 0.2) is 76.8 Å². The molecule has 2 aliphatic rings. The van der Waals surface area contributed by atoms with Gasteiger partial charge in [-0.05, 0) is 24.3 Å². The Kier molecular flexibility index (Phi) is 3.72. The Labute approximate surface area is 159 Å². The Hall–Kier alpha value is -3.87. The number of aromatic nitrogens is 3. The Balaban J connectivity index is 1.48. The number of furan rings is 1. The van der Waals surface area contributed by atoms with E-state index in [0.717, 1.165) is 5.56 Å². The van der Waals surface area contributed by atoms with Gasteiger partial charge in [-0.3, -0.25) is 9.59 Å². The van der Waals surface area contributed by atoms with Crippen LogP contribution in [0.25, 0.3) is 11.3 Å². The molecule has 0 aliphatic heterocycles. The van der Waals surface area contributed by atoms with Crippen LogP contribution < -0.4 is 0 Å². The zero-order valence-corrected chi connectivity index (χ0v) is 14.6. The molecule has 0 unspecified atom stereocenters. The van der Waals surface area contributed by atoms with Crippen LogP contribution in [0.4, 0.5) is 0 Å². The second-order valence-corrected chi connectivity index (χ2v) is 6.60. The summed E-state index contributed by atoms with van der Waals surface area (Å²) in [5.41, 5.74) is 1.65. The molecular formula is C21H14N4O3. The van der Waals surface area contributed by atoms with Crippen LogP contribution in [0.5, 0.6) is 0 Å². The highest BCUT2D eigenvalue weighted by Gasteiger charge is 2.39. The van der Waals surface area contributed by atoms with Crippen molar-refractivity contribution in [1.82, 2.24) is 14.9 Å². The zero-order chi connectivity index (χ0) is 19.1. The Bertz CT molecular complexity index is 1170. The van der Waals surface area contributed by atoms with Crippen molar-refractivity contribution in [3.63, 3.8) is 0 Å². The lowest BCUT2D eigenvalue weighted by Crippen LogP contribution is -2.35. The Morgan fingerprint density at radius 2 is 1.64 bits per heavy atom. The lowest BCUT2D eigenvalue weighted by Gasteiger charge is -2.28. The van der Waals surface area contributed by atoms with Crippen LogP contribution >= 0.6 is 0 Å². The molecule has 7 nitrogen and oxygen atoms in total. The van der Waals surface area contributed by atoms with Gasteiger partial charge in [0.05, 0.1) is 18.1 Å². The summed E-state index contributed by atoms with van der Waals surface area (Å²) < 4.78 is 7.26. The molecule has 28 heavy (non-hydrogen) atoms. The fourth-order valence-electron chi connectivity index (χ4n) is 3.54. The van der Waals surface area contributed by atoms with Gasteiger partial charge in [0.1, 0.15) is 24.2 Å². The maximum atomic E-state index is 12.9. The summed E-state index contributed by atoms with van der Waals surface area (Å²) in [6, 6.07) is 8.82. The summed E-state index contributed by atoms with van der Waals surface area (Å²) in [6.07, 6.45) is 11.7. The van der Waals surface area contributed by atoms with Crippen molar-refractivity contribution < 1.29 is 14.0 Å². The first-order valence-electron chi connectivity index (χ1n) is 8.77. The zero-order valence-electron chi connectivity index (χ0n) is 14.6. The van der Waals surface area contributed by atoms with Gasteiger partial charge in [-0.2, -0.15) is 5.10 Å². The molecule has 0 fully saturated rings. The van der Waals surface area contributed by atoms with E-state index in [4.69, 9.17) is 4.42 Å². The van der Waals surface area contributed by atoms with Gasteiger partial charge in [0.25, 0.3) is 0 Å². The summed E-state index contributed by atoms with van der Waals surface area (Å²) in [5.74, 6) is 0.248. The number of hydrogen-bond donors (Lipinski definition) is 0. The number of carbonyl (C=O) groups excluding carboxylic acids is 2. The van der Waals surface area contributed by atoms with E-state index in [2.05, 4.69) is 15.3 Å². The van der Waals surface area contributed by atoms with E-state index in [1.165, 1.54) is 17.3 Å². The van der Waals surface area contributed by atoms with Gasteiger partial charge in [-0.15, -0.1) is 10.2 Å². The first-order chi connectivity index (χ1) is 13.7. The van der Waals surface area contributed by atoms with Gasteiger partial charge < -0.3 is 4.42 Å². The van der Waals surface area contributed by atoms with Crippen LogP contribution in [-0.4, -0.2) is 32.7 Å². The topological polar surface area (TPSA) is 90.3 Å². The number of allylic oxidation sites excluding steroid dienone is 4. The highest BCUT2D eigenvalue weighted by atomic mass is 16.3. The lowest BCUT2D eigenvalue weighted by atomic mass is 9.72. The number of fused-ring (bicyclic) bond motifs is 2. The van der Waals surface area contributed by atoms with Gasteiger partial charge in [0.15, 0.2) is 11.6 Å². The molecule has 1 aromatic carbocycles. The van der Waals surface area contributed by atoms with Crippen molar-refractivity contribution in [2.75, 3.05) is 0 Å². The second-order valence-electron chi connectivity index (χ2n) is 6.60. The minimum atomic E-state index is -0.427. The van der Waals surface area contributed by atoms with E-state index in [1.807, 2.05) is 12.2 Å². The molecule has 0 saturated carbocycles. The quantitative estimate of drug-likeness (QED) is 0.661. The van der Waals surface area contributed by atoms with Crippen molar-refractivity contribution in [2.24, 2.45) is 16.9 Å². The molecule has 2 heterocycles. The average molecular weight is 370 g/mol. The third-order valence-electron chi connectivity index (χ3n) is 4.93. The van der Waals surface area contributed by atoms with E-state index >= 15 is 0 Å². The molecule has 136 valence electrons. The fraction of sp³-hybridized carbons (Fsp3) is 0.0952. The molecule has 0 bridgehead atoms. The highest BCUT2D eigenvalue weighted by molar-refractivity contribution is 6.17. The molecule has 0 spiro atoms. The third kappa shape index (κ3) is 2.64. The number of ketones is 2. The van der Waals surface area contributed by atoms with Crippen LogP contribution in [0.3, 0.4) is 0 Å². The lowest BCUT2D eigenvalue weighted by molar-refractivity contribution is 0.0801. The maximum absolute atomic E-state index is 12.9. The first kappa shape index (κ1) is 16.3. The monoisotopic (exact) mass is 370 g/mol. The maximum Gasteiger partial charge on any atom is 0.171 e. The molecule has 0 radical (unpaired) electrons. The molecule has 0 saturated heterocycles. The summed E-state index contributed by atoms with van der Waals surface area (Å²) in [7, 11) is 0. The number of Topliss-reactive ketones (excluding diaryl/α,β-unsaturated/α-hetero) is 2. The second kappa shape index (κ2) is 6.38. The Morgan fingerprint density at radius 3 is 2.39 bits per heavy atom. The molecule has 2 aliphatic carbocycles. The van der Waals surface area contributed by atoms with Crippen molar-refractivity contribution in [1.29, 1.82) is 0 Å². The van der Waals surface area contributed by atoms with Crippen molar-refractivity contribution in [2.45, 2.75) is 0 Å². The number of carbonyl (C=O) groups is 2. The summed E-state index contributed by atoms with van der Waals surface area (Å²) in [4.78, 5) is 25.7. The first-order valence-corrected chi connectivity index (χ1v) is 8.77. The number of nitrogens with zero attached hydrogens (tertiary/aromatic N) is 4. The van der Waals surface area contributed by atoms with E-state index in [9.17, 15) is 9.59 Å². The van der Waals surface area contributed by atoms with Crippen molar-refractivity contribution in [3.05, 3.63) is 84.2 Å². The van der Waals surface area contributed by atoms with E-state index < -0.39 is 11.8 Å². The third-order valence-corrected chi connectivity index (χ3v) is 4.93. The summed E-state index contributed by atoms with van der Waals surface area (Å²) in [5, 5.41) is 11.5. The van der Waals surface area contributed by atoms with E-state index in [-0.39, 0.29) is 11.6 Å². The highest BCUT2D eigenvalue weighted by Crippen LogP contribution is 2.36. The predicted octanol–water partition coefficient (Wildman–Crippen LogP) is 3.16. The standard InChI is InChI=1S/C21H14N4O3/c26-20-15-3-1-2-4-16(15)21(27)18-9-13(5-7-17(18)20)19-8-6-14(28-19)10-24-25-11-22-23-12-25/h1-12,15-16H/t15-,16+/m0/s1. The molecule has 0 N–H and O–H groups in total. The predicted molar refractivity (Wildman–Crippen MR) is 101 cm³/mol. The molecule has 3 aromatic rings. The van der Waals surface area contributed by atoms with Gasteiger partial charge in [-0.1, -0.05) is 30.4 Å².